The molecule has 0 heterocycles. The zero-order valence-electron chi connectivity index (χ0n) is 18.4. The highest BCUT2D eigenvalue weighted by atomic mass is 16.2. The Balaban J connectivity index is 2.20. The number of rotatable bonds is 14. The normalized spacial score (nSPS) is 11.0. The molecule has 0 aliphatic rings. The lowest BCUT2D eigenvalue weighted by molar-refractivity contribution is -0.126. The van der Waals surface area contributed by atoms with Crippen LogP contribution in [0.5, 0.6) is 0 Å². The lowest BCUT2D eigenvalue weighted by atomic mass is 10.0. The maximum absolute atomic E-state index is 12.4. The molecule has 0 aromatic heterocycles. The van der Waals surface area contributed by atoms with Crippen LogP contribution in [0, 0.1) is 11.3 Å². The van der Waals surface area contributed by atoms with E-state index in [0.717, 1.165) is 12.8 Å². The van der Waals surface area contributed by atoms with E-state index >= 15 is 0 Å². The van der Waals surface area contributed by atoms with Crippen molar-refractivity contribution in [1.82, 2.24) is 10.6 Å². The van der Waals surface area contributed by atoms with Crippen molar-refractivity contribution >= 4 is 11.8 Å². The van der Waals surface area contributed by atoms with Gasteiger partial charge in [0.25, 0.3) is 5.91 Å². The molecule has 0 atom stereocenters. The molecule has 2 amide bonds. The first-order valence-corrected chi connectivity index (χ1v) is 11.0. The summed E-state index contributed by atoms with van der Waals surface area (Å²) >= 11 is 0. The quantitative estimate of drug-likeness (QED) is 0.427. The predicted octanol–water partition coefficient (Wildman–Crippen LogP) is 5.10. The Hall–Kier alpha value is -2.35. The number of nitrogens with one attached hydrogen (secondary N) is 2. The number of carbonyl (C=O) groups excluding carboxylic acids is 2. The van der Waals surface area contributed by atoms with Crippen molar-refractivity contribution in [3.05, 3.63) is 35.4 Å². The number of unbranched alkanes of at least 4 members (excludes halogenated alkanes) is 9. The third kappa shape index (κ3) is 10.1. The summed E-state index contributed by atoms with van der Waals surface area (Å²) in [5.74, 6) is -0.510. The van der Waals surface area contributed by atoms with E-state index in [-0.39, 0.29) is 11.8 Å². The van der Waals surface area contributed by atoms with E-state index in [0.29, 0.717) is 17.7 Å². The summed E-state index contributed by atoms with van der Waals surface area (Å²) in [5, 5.41) is 14.5. The van der Waals surface area contributed by atoms with Gasteiger partial charge in [-0.15, -0.1) is 0 Å². The zero-order chi connectivity index (χ0) is 21.5. The van der Waals surface area contributed by atoms with Crippen molar-refractivity contribution < 1.29 is 9.59 Å². The standard InChI is InChI=1S/C24H37N3O2/c1-4-5-6-7-8-9-10-11-12-13-18-26-23(29)24(2,3)27-22(28)21-16-14-20(19-25)15-17-21/h14-17H,4-13,18H2,1-3H3,(H,26,29)(H,27,28). The van der Waals surface area contributed by atoms with Gasteiger partial charge in [-0.05, 0) is 44.5 Å². The summed E-state index contributed by atoms with van der Waals surface area (Å²) < 4.78 is 0. The Labute approximate surface area is 176 Å². The number of nitrogens with zero attached hydrogens (tertiary/aromatic N) is 1. The molecule has 0 bridgehead atoms. The molecule has 0 saturated carbocycles. The average Bonchev–Trinajstić information content (AvgIpc) is 2.71. The predicted molar refractivity (Wildman–Crippen MR) is 118 cm³/mol. The van der Waals surface area contributed by atoms with Gasteiger partial charge in [0.05, 0.1) is 11.6 Å². The Morgan fingerprint density at radius 1 is 0.897 bits per heavy atom. The third-order valence-electron chi connectivity index (χ3n) is 5.09. The molecule has 0 spiro atoms. The Morgan fingerprint density at radius 2 is 1.41 bits per heavy atom. The fourth-order valence-corrected chi connectivity index (χ4v) is 3.14. The monoisotopic (exact) mass is 399 g/mol. The van der Waals surface area contributed by atoms with E-state index in [1.807, 2.05) is 6.07 Å². The van der Waals surface area contributed by atoms with E-state index in [9.17, 15) is 9.59 Å². The first kappa shape index (κ1) is 24.7. The van der Waals surface area contributed by atoms with Crippen molar-refractivity contribution in [3.63, 3.8) is 0 Å². The van der Waals surface area contributed by atoms with Crippen LogP contribution in [0.2, 0.25) is 0 Å². The van der Waals surface area contributed by atoms with Crippen molar-refractivity contribution in [2.75, 3.05) is 6.54 Å². The number of amides is 2. The van der Waals surface area contributed by atoms with E-state index in [1.54, 1.807) is 38.1 Å². The fraction of sp³-hybridized carbons (Fsp3) is 0.625. The van der Waals surface area contributed by atoms with Crippen LogP contribution in [0.3, 0.4) is 0 Å². The van der Waals surface area contributed by atoms with E-state index in [2.05, 4.69) is 17.6 Å². The average molecular weight is 400 g/mol. The van der Waals surface area contributed by atoms with E-state index < -0.39 is 5.54 Å². The molecule has 5 heteroatoms. The van der Waals surface area contributed by atoms with Crippen molar-refractivity contribution in [1.29, 1.82) is 5.26 Å². The molecule has 1 aromatic rings. The Bertz CT molecular complexity index is 660. The summed E-state index contributed by atoms with van der Waals surface area (Å²) in [6.45, 7) is 6.26. The molecule has 29 heavy (non-hydrogen) atoms. The van der Waals surface area contributed by atoms with Crippen LogP contribution in [0.15, 0.2) is 24.3 Å². The number of benzene rings is 1. The molecule has 0 saturated heterocycles. The first-order chi connectivity index (χ1) is 13.9. The summed E-state index contributed by atoms with van der Waals surface area (Å²) in [7, 11) is 0. The smallest absolute Gasteiger partial charge is 0.252 e. The van der Waals surface area contributed by atoms with Gasteiger partial charge in [0.2, 0.25) is 5.91 Å². The van der Waals surface area contributed by atoms with Crippen molar-refractivity contribution in [2.24, 2.45) is 0 Å². The van der Waals surface area contributed by atoms with Crippen LogP contribution in [-0.2, 0) is 4.79 Å². The lowest BCUT2D eigenvalue weighted by Crippen LogP contribution is -2.54. The molecule has 2 N–H and O–H groups in total. The second kappa shape index (κ2) is 13.8. The van der Waals surface area contributed by atoms with Gasteiger partial charge in [-0.25, -0.2) is 0 Å². The third-order valence-corrected chi connectivity index (χ3v) is 5.09. The number of hydrogen-bond acceptors (Lipinski definition) is 3. The first-order valence-electron chi connectivity index (χ1n) is 11.0. The second-order valence-corrected chi connectivity index (χ2v) is 8.21. The molecule has 0 radical (unpaired) electrons. The molecule has 160 valence electrons. The van der Waals surface area contributed by atoms with E-state index in [4.69, 9.17) is 5.26 Å². The largest absolute Gasteiger partial charge is 0.354 e. The van der Waals surface area contributed by atoms with Crippen molar-refractivity contribution in [3.8, 4) is 6.07 Å². The molecular formula is C24H37N3O2. The Kier molecular flexibility index (Phi) is 11.7. The van der Waals surface area contributed by atoms with Gasteiger partial charge in [-0.2, -0.15) is 5.26 Å². The highest BCUT2D eigenvalue weighted by Crippen LogP contribution is 2.11. The Morgan fingerprint density at radius 3 is 1.93 bits per heavy atom. The van der Waals surface area contributed by atoms with Gasteiger partial charge in [0, 0.05) is 12.1 Å². The number of hydrogen-bond donors (Lipinski definition) is 2. The number of carbonyl (C=O) groups is 2. The fourth-order valence-electron chi connectivity index (χ4n) is 3.14. The van der Waals surface area contributed by atoms with Gasteiger partial charge >= 0.3 is 0 Å². The number of nitriles is 1. The van der Waals surface area contributed by atoms with Crippen LogP contribution < -0.4 is 10.6 Å². The maximum atomic E-state index is 12.4. The maximum Gasteiger partial charge on any atom is 0.252 e. The summed E-state index contributed by atoms with van der Waals surface area (Å²) in [4.78, 5) is 24.8. The summed E-state index contributed by atoms with van der Waals surface area (Å²) in [6.07, 6.45) is 12.6. The second-order valence-electron chi connectivity index (χ2n) is 8.21. The molecule has 1 aromatic carbocycles. The van der Waals surface area contributed by atoms with Crippen LogP contribution in [0.4, 0.5) is 0 Å². The van der Waals surface area contributed by atoms with Crippen molar-refractivity contribution in [2.45, 2.75) is 90.5 Å². The SMILES string of the molecule is CCCCCCCCCCCCNC(=O)C(C)(C)NC(=O)c1ccc(C#N)cc1. The van der Waals surface area contributed by atoms with Gasteiger partial charge in [-0.3, -0.25) is 9.59 Å². The topological polar surface area (TPSA) is 82.0 Å². The molecule has 0 aliphatic heterocycles. The minimum absolute atomic E-state index is 0.185. The molecule has 0 aliphatic carbocycles. The lowest BCUT2D eigenvalue weighted by Gasteiger charge is -2.25. The summed E-state index contributed by atoms with van der Waals surface area (Å²) in [5.41, 5.74) is -0.0710. The minimum atomic E-state index is -0.997. The highest BCUT2D eigenvalue weighted by molar-refractivity contribution is 5.98. The summed E-state index contributed by atoms with van der Waals surface area (Å²) in [6, 6.07) is 8.38. The van der Waals surface area contributed by atoms with Crippen LogP contribution in [0.1, 0.15) is 101 Å². The van der Waals surface area contributed by atoms with Gasteiger partial charge in [0.1, 0.15) is 5.54 Å². The molecule has 5 nitrogen and oxygen atoms in total. The molecule has 1 rings (SSSR count). The van der Waals surface area contributed by atoms with Crippen LogP contribution >= 0.6 is 0 Å². The van der Waals surface area contributed by atoms with Gasteiger partial charge in [-0.1, -0.05) is 64.7 Å². The molecule has 0 unspecified atom stereocenters. The minimum Gasteiger partial charge on any atom is -0.354 e. The van der Waals surface area contributed by atoms with Gasteiger partial charge < -0.3 is 10.6 Å². The van der Waals surface area contributed by atoms with E-state index in [1.165, 1.54) is 51.4 Å². The molecular weight excluding hydrogens is 362 g/mol. The molecule has 0 fully saturated rings. The van der Waals surface area contributed by atoms with Crippen LogP contribution in [0.25, 0.3) is 0 Å². The van der Waals surface area contributed by atoms with Crippen LogP contribution in [-0.4, -0.2) is 23.9 Å². The highest BCUT2D eigenvalue weighted by Gasteiger charge is 2.29. The van der Waals surface area contributed by atoms with Gasteiger partial charge in [0.15, 0.2) is 0 Å². The zero-order valence-corrected chi connectivity index (χ0v) is 18.4.